The van der Waals surface area contributed by atoms with Gasteiger partial charge in [-0.25, -0.2) is 14.6 Å². The zero-order valence-corrected chi connectivity index (χ0v) is 25.8. The number of urea groups is 1. The maximum Gasteiger partial charge on any atom is 0.410 e. The van der Waals surface area contributed by atoms with Gasteiger partial charge in [-0.2, -0.15) is 0 Å². The molecular weight excluding hydrogens is 546 g/mol. The third-order valence-corrected chi connectivity index (χ3v) is 8.50. The molecule has 5 N–H and O–H groups in total. The fourth-order valence-electron chi connectivity index (χ4n) is 6.06. The number of aromatic hydroxyl groups is 1. The largest absolute Gasteiger partial charge is 0.507 e. The number of pyridine rings is 1. The second-order valence-corrected chi connectivity index (χ2v) is 13.3. The minimum absolute atomic E-state index is 0.0582. The van der Waals surface area contributed by atoms with E-state index in [2.05, 4.69) is 10.6 Å². The van der Waals surface area contributed by atoms with E-state index in [-0.39, 0.29) is 42.2 Å². The van der Waals surface area contributed by atoms with Crippen LogP contribution < -0.4 is 21.1 Å². The molecule has 1 aromatic carbocycles. The molecule has 2 saturated carbocycles. The van der Waals surface area contributed by atoms with Crippen LogP contribution in [0, 0.1) is 5.92 Å². The van der Waals surface area contributed by atoms with Crippen molar-refractivity contribution >= 4 is 17.9 Å². The van der Waals surface area contributed by atoms with Gasteiger partial charge >= 0.3 is 12.1 Å². The van der Waals surface area contributed by atoms with Crippen molar-refractivity contribution in [3.8, 4) is 22.8 Å². The van der Waals surface area contributed by atoms with Gasteiger partial charge in [0, 0.05) is 37.2 Å². The number of nitrogen functional groups attached to an aromatic ring is 1. The molecule has 1 aromatic heterocycles. The van der Waals surface area contributed by atoms with E-state index in [9.17, 15) is 14.7 Å². The molecule has 10 heteroatoms. The number of nitrogens with one attached hydrogen (secondary N) is 2. The van der Waals surface area contributed by atoms with Crippen LogP contribution in [-0.2, 0) is 11.3 Å². The van der Waals surface area contributed by atoms with Gasteiger partial charge in [-0.05, 0) is 89.0 Å². The number of nitrogens with two attached hydrogens (primary N) is 1. The summed E-state index contributed by atoms with van der Waals surface area (Å²) in [5.41, 5.74) is 8.64. The molecule has 3 fully saturated rings. The van der Waals surface area contributed by atoms with E-state index in [0.717, 1.165) is 62.5 Å². The quantitative estimate of drug-likeness (QED) is 0.291. The van der Waals surface area contributed by atoms with E-state index in [1.54, 1.807) is 17.0 Å². The Morgan fingerprint density at radius 2 is 1.86 bits per heavy atom. The van der Waals surface area contributed by atoms with E-state index < -0.39 is 5.60 Å². The normalized spacial score (nSPS) is 19.5. The summed E-state index contributed by atoms with van der Waals surface area (Å²) < 4.78 is 11.8. The van der Waals surface area contributed by atoms with E-state index in [1.807, 2.05) is 32.9 Å². The molecule has 1 unspecified atom stereocenters. The number of phenols is 1. The lowest BCUT2D eigenvalue weighted by Crippen LogP contribution is -2.43. The number of benzene rings is 1. The van der Waals surface area contributed by atoms with Crippen LogP contribution in [0.1, 0.15) is 95.6 Å². The Hall–Kier alpha value is -3.69. The summed E-state index contributed by atoms with van der Waals surface area (Å²) in [5, 5.41) is 17.1. The number of likely N-dealkylation sites (tertiary alicyclic amines) is 1. The van der Waals surface area contributed by atoms with Crippen LogP contribution in [0.4, 0.5) is 15.4 Å². The molecule has 2 aliphatic carbocycles. The summed E-state index contributed by atoms with van der Waals surface area (Å²) >= 11 is 0. The second kappa shape index (κ2) is 13.3. The van der Waals surface area contributed by atoms with Crippen LogP contribution in [0.5, 0.6) is 11.5 Å². The number of rotatable bonds is 8. The SMILES string of the molecule is CC(C)(C)OC(=O)N1CCCC(c2cc(-c3c(O)cccc3OCC3CC3)nc(N)c2CNC(=O)NC2CCCCC2)C1. The Bertz CT molecular complexity index is 1300. The van der Waals surface area contributed by atoms with Gasteiger partial charge < -0.3 is 35.8 Å². The molecule has 1 aliphatic heterocycles. The van der Waals surface area contributed by atoms with Gasteiger partial charge in [0.25, 0.3) is 0 Å². The average Bonchev–Trinajstić information content (AvgIpc) is 3.79. The Morgan fingerprint density at radius 3 is 2.58 bits per heavy atom. The molecule has 0 bridgehead atoms. The number of anilines is 1. The highest BCUT2D eigenvalue weighted by Gasteiger charge is 2.31. The highest BCUT2D eigenvalue weighted by Crippen LogP contribution is 2.41. The lowest BCUT2D eigenvalue weighted by molar-refractivity contribution is 0.0198. The first-order chi connectivity index (χ1) is 20.6. The molecule has 3 amide bonds. The Morgan fingerprint density at radius 1 is 1.09 bits per heavy atom. The van der Waals surface area contributed by atoms with Crippen molar-refractivity contribution in [3.63, 3.8) is 0 Å². The molecule has 0 spiro atoms. The predicted octanol–water partition coefficient (Wildman–Crippen LogP) is 6.07. The van der Waals surface area contributed by atoms with E-state index in [4.69, 9.17) is 20.2 Å². The zero-order valence-electron chi connectivity index (χ0n) is 25.8. The topological polar surface area (TPSA) is 139 Å². The molecule has 10 nitrogen and oxygen atoms in total. The van der Waals surface area contributed by atoms with Gasteiger partial charge in [-0.15, -0.1) is 0 Å². The van der Waals surface area contributed by atoms with Gasteiger partial charge in [0.2, 0.25) is 0 Å². The zero-order chi connectivity index (χ0) is 30.6. The summed E-state index contributed by atoms with van der Waals surface area (Å²) in [6, 6.07) is 7.11. The van der Waals surface area contributed by atoms with Crippen LogP contribution in [0.3, 0.4) is 0 Å². The van der Waals surface area contributed by atoms with Crippen molar-refractivity contribution in [2.75, 3.05) is 25.4 Å². The number of ether oxygens (including phenoxy) is 2. The molecular formula is C33H47N5O5. The minimum Gasteiger partial charge on any atom is -0.507 e. The first-order valence-corrected chi connectivity index (χ1v) is 15.8. The van der Waals surface area contributed by atoms with Crippen molar-refractivity contribution in [3.05, 3.63) is 35.4 Å². The molecule has 3 aliphatic rings. The van der Waals surface area contributed by atoms with Crippen molar-refractivity contribution in [1.29, 1.82) is 0 Å². The van der Waals surface area contributed by atoms with Crippen LogP contribution in [-0.4, -0.2) is 58.5 Å². The van der Waals surface area contributed by atoms with E-state index >= 15 is 0 Å². The maximum absolute atomic E-state index is 13.0. The monoisotopic (exact) mass is 593 g/mol. The number of nitrogens with zero attached hydrogens (tertiary/aromatic N) is 2. The maximum atomic E-state index is 13.0. The van der Waals surface area contributed by atoms with Crippen LogP contribution in [0.2, 0.25) is 0 Å². The molecule has 1 saturated heterocycles. The van der Waals surface area contributed by atoms with E-state index in [0.29, 0.717) is 42.6 Å². The molecule has 234 valence electrons. The fraction of sp³-hybridized carbons (Fsp3) is 0.606. The van der Waals surface area contributed by atoms with Crippen molar-refractivity contribution in [2.45, 2.75) is 103 Å². The van der Waals surface area contributed by atoms with Gasteiger partial charge in [0.15, 0.2) is 0 Å². The molecule has 5 rings (SSSR count). The molecule has 43 heavy (non-hydrogen) atoms. The van der Waals surface area contributed by atoms with Crippen molar-refractivity contribution in [2.24, 2.45) is 5.92 Å². The smallest absolute Gasteiger partial charge is 0.410 e. The summed E-state index contributed by atoms with van der Waals surface area (Å²) in [4.78, 5) is 32.3. The molecule has 0 radical (unpaired) electrons. The van der Waals surface area contributed by atoms with Crippen LogP contribution in [0.15, 0.2) is 24.3 Å². The number of hydrogen-bond donors (Lipinski definition) is 4. The standard InChI is InChI=1S/C33H47N5O5/c1-33(2,3)43-32(41)38-16-8-9-22(19-38)24-17-26(29-27(39)12-7-13-28(29)42-20-21-14-15-21)37-30(34)25(24)18-35-31(40)36-23-10-5-4-6-11-23/h7,12-13,17,21-23,39H,4-6,8-11,14-16,18-20H2,1-3H3,(H2,34,37)(H2,35,36,40). The van der Waals surface area contributed by atoms with E-state index in [1.165, 1.54) is 6.42 Å². The number of hydrogen-bond acceptors (Lipinski definition) is 7. The number of carbonyl (C=O) groups excluding carboxylic acids is 2. The van der Waals surface area contributed by atoms with Gasteiger partial charge in [0.05, 0.1) is 17.9 Å². The highest BCUT2D eigenvalue weighted by atomic mass is 16.6. The van der Waals surface area contributed by atoms with Crippen LogP contribution in [0.25, 0.3) is 11.3 Å². The summed E-state index contributed by atoms with van der Waals surface area (Å²) in [7, 11) is 0. The first-order valence-electron chi connectivity index (χ1n) is 15.8. The molecule has 2 heterocycles. The number of amides is 3. The van der Waals surface area contributed by atoms with Gasteiger partial charge in [0.1, 0.15) is 22.9 Å². The minimum atomic E-state index is -0.596. The Labute approximate surface area is 254 Å². The summed E-state index contributed by atoms with van der Waals surface area (Å²) in [6.07, 6.45) is 9.02. The van der Waals surface area contributed by atoms with Crippen LogP contribution >= 0.6 is 0 Å². The molecule has 1 atom stereocenters. The second-order valence-electron chi connectivity index (χ2n) is 13.3. The lowest BCUT2D eigenvalue weighted by atomic mass is 9.86. The number of phenolic OH excluding ortho intramolecular Hbond substituents is 1. The summed E-state index contributed by atoms with van der Waals surface area (Å²) in [6.45, 7) is 7.42. The Balaban J connectivity index is 1.44. The Kier molecular flexibility index (Phi) is 9.52. The average molecular weight is 594 g/mol. The summed E-state index contributed by atoms with van der Waals surface area (Å²) in [5.74, 6) is 1.36. The van der Waals surface area contributed by atoms with Gasteiger partial charge in [-0.3, -0.25) is 0 Å². The highest BCUT2D eigenvalue weighted by molar-refractivity contribution is 5.77. The third-order valence-electron chi connectivity index (χ3n) is 8.50. The fourth-order valence-corrected chi connectivity index (χ4v) is 6.06. The first kappa shape index (κ1) is 30.8. The third kappa shape index (κ3) is 8.24. The van der Waals surface area contributed by atoms with Gasteiger partial charge in [-0.1, -0.05) is 25.3 Å². The number of carbonyl (C=O) groups is 2. The van der Waals surface area contributed by atoms with Crippen molar-refractivity contribution in [1.82, 2.24) is 20.5 Å². The number of aromatic nitrogens is 1. The number of piperidine rings is 1. The van der Waals surface area contributed by atoms with Crippen molar-refractivity contribution < 1.29 is 24.2 Å². The predicted molar refractivity (Wildman–Crippen MR) is 166 cm³/mol. The molecule has 2 aromatic rings. The lowest BCUT2D eigenvalue weighted by Gasteiger charge is -2.35.